The van der Waals surface area contributed by atoms with Gasteiger partial charge in [-0.15, -0.1) is 0 Å². The van der Waals surface area contributed by atoms with Crippen LogP contribution in [-0.4, -0.2) is 25.0 Å². The van der Waals surface area contributed by atoms with E-state index in [1.54, 1.807) is 4.90 Å². The molecule has 0 spiro atoms. The van der Waals surface area contributed by atoms with Crippen molar-refractivity contribution < 1.29 is 14.3 Å². The predicted molar refractivity (Wildman–Crippen MR) is 131 cm³/mol. The molecule has 4 aromatic carbocycles. The van der Waals surface area contributed by atoms with Crippen molar-refractivity contribution in [2.75, 3.05) is 23.4 Å². The zero-order valence-corrected chi connectivity index (χ0v) is 18.2. The van der Waals surface area contributed by atoms with Gasteiger partial charge in [-0.2, -0.15) is 0 Å². The van der Waals surface area contributed by atoms with Gasteiger partial charge in [0.15, 0.2) is 6.61 Å². The zero-order chi connectivity index (χ0) is 22.6. The fourth-order valence-electron chi connectivity index (χ4n) is 4.20. The maximum Gasteiger partial charge on any atom is 0.262 e. The van der Waals surface area contributed by atoms with Gasteiger partial charge in [0, 0.05) is 23.5 Å². The van der Waals surface area contributed by atoms with Crippen LogP contribution in [-0.2, 0) is 11.2 Å². The fourth-order valence-corrected chi connectivity index (χ4v) is 4.20. The van der Waals surface area contributed by atoms with Crippen molar-refractivity contribution in [2.45, 2.75) is 12.8 Å². The molecule has 164 valence electrons. The van der Waals surface area contributed by atoms with Crippen LogP contribution in [0.3, 0.4) is 0 Å². The Kier molecular flexibility index (Phi) is 5.77. The van der Waals surface area contributed by atoms with E-state index in [4.69, 9.17) is 4.74 Å². The second kappa shape index (κ2) is 9.17. The summed E-state index contributed by atoms with van der Waals surface area (Å²) in [7, 11) is 0. The molecule has 0 saturated carbocycles. The lowest BCUT2D eigenvalue weighted by atomic mass is 10.00. The molecule has 5 nitrogen and oxygen atoms in total. The Labute approximate surface area is 192 Å². The van der Waals surface area contributed by atoms with Gasteiger partial charge in [-0.25, -0.2) is 0 Å². The van der Waals surface area contributed by atoms with Crippen LogP contribution in [0, 0.1) is 0 Å². The summed E-state index contributed by atoms with van der Waals surface area (Å²) >= 11 is 0. The number of nitrogens with one attached hydrogen (secondary N) is 1. The maximum absolute atomic E-state index is 13.1. The van der Waals surface area contributed by atoms with Crippen LogP contribution < -0.4 is 15.0 Å². The van der Waals surface area contributed by atoms with E-state index < -0.39 is 0 Å². The minimum atomic E-state index is -0.250. The van der Waals surface area contributed by atoms with Gasteiger partial charge in [-0.3, -0.25) is 9.59 Å². The zero-order valence-electron chi connectivity index (χ0n) is 18.2. The molecule has 1 heterocycles. The highest BCUT2D eigenvalue weighted by molar-refractivity contribution is 6.07. The van der Waals surface area contributed by atoms with E-state index in [1.165, 1.54) is 0 Å². The minimum absolute atomic E-state index is 0.0281. The molecule has 0 fully saturated rings. The number of rotatable bonds is 5. The molecule has 0 unspecified atom stereocenters. The summed E-state index contributed by atoms with van der Waals surface area (Å²) in [5.74, 6) is 0.369. The van der Waals surface area contributed by atoms with Gasteiger partial charge in [-0.1, -0.05) is 54.6 Å². The largest absolute Gasteiger partial charge is 0.484 e. The molecule has 5 heteroatoms. The summed E-state index contributed by atoms with van der Waals surface area (Å²) in [5, 5.41) is 5.08. The molecule has 1 N–H and O–H groups in total. The van der Waals surface area contributed by atoms with Crippen molar-refractivity contribution in [3.05, 3.63) is 102 Å². The van der Waals surface area contributed by atoms with E-state index in [9.17, 15) is 9.59 Å². The first kappa shape index (κ1) is 20.8. The number of nitrogens with zero attached hydrogens (tertiary/aromatic N) is 1. The quantitative estimate of drug-likeness (QED) is 0.453. The van der Waals surface area contributed by atoms with Crippen molar-refractivity contribution in [1.29, 1.82) is 0 Å². The number of ether oxygens (including phenoxy) is 1. The standard InChI is InChI=1S/C28H24N2O3/c31-27(19-33-25-15-13-20-7-4-5-10-23(20)17-25)29-24-14-12-21-11-6-16-30(26(21)18-24)28(32)22-8-2-1-3-9-22/h1-5,7-10,12-15,17-18H,6,11,16,19H2,(H,29,31). The number of hydrogen-bond donors (Lipinski definition) is 1. The Bertz CT molecular complexity index is 1320. The minimum Gasteiger partial charge on any atom is -0.484 e. The number of carbonyl (C=O) groups excluding carboxylic acids is 2. The smallest absolute Gasteiger partial charge is 0.262 e. The highest BCUT2D eigenvalue weighted by Gasteiger charge is 2.24. The van der Waals surface area contributed by atoms with Crippen LogP contribution in [0.25, 0.3) is 10.8 Å². The van der Waals surface area contributed by atoms with Crippen molar-refractivity contribution in [2.24, 2.45) is 0 Å². The Balaban J connectivity index is 1.28. The predicted octanol–water partition coefficient (Wildman–Crippen LogP) is 5.45. The molecule has 1 aliphatic heterocycles. The van der Waals surface area contributed by atoms with Crippen molar-refractivity contribution in [3.8, 4) is 5.75 Å². The van der Waals surface area contributed by atoms with E-state index in [1.807, 2.05) is 91.0 Å². The normalized spacial score (nSPS) is 12.8. The van der Waals surface area contributed by atoms with E-state index in [-0.39, 0.29) is 18.4 Å². The molecular formula is C28H24N2O3. The number of aryl methyl sites for hydroxylation is 1. The molecule has 33 heavy (non-hydrogen) atoms. The van der Waals surface area contributed by atoms with Gasteiger partial charge >= 0.3 is 0 Å². The van der Waals surface area contributed by atoms with E-state index in [0.29, 0.717) is 23.5 Å². The van der Waals surface area contributed by atoms with Crippen LogP contribution in [0.15, 0.2) is 91.0 Å². The van der Waals surface area contributed by atoms with Crippen LogP contribution in [0.5, 0.6) is 5.75 Å². The Hall–Kier alpha value is -4.12. The third-order valence-corrected chi connectivity index (χ3v) is 5.84. The summed E-state index contributed by atoms with van der Waals surface area (Å²) in [6.45, 7) is 0.561. The summed E-state index contributed by atoms with van der Waals surface area (Å²) in [4.78, 5) is 27.4. The van der Waals surface area contributed by atoms with Crippen molar-refractivity contribution in [3.63, 3.8) is 0 Å². The molecule has 0 aromatic heterocycles. The van der Waals surface area contributed by atoms with E-state index in [0.717, 1.165) is 34.9 Å². The van der Waals surface area contributed by atoms with Crippen LogP contribution in [0.4, 0.5) is 11.4 Å². The molecule has 0 atom stereocenters. The van der Waals surface area contributed by atoms with Gasteiger partial charge in [-0.05, 0) is 65.6 Å². The van der Waals surface area contributed by atoms with Gasteiger partial charge in [0.1, 0.15) is 5.75 Å². The lowest BCUT2D eigenvalue weighted by molar-refractivity contribution is -0.118. The summed E-state index contributed by atoms with van der Waals surface area (Å²) in [5.41, 5.74) is 3.26. The Morgan fingerprint density at radius 1 is 0.848 bits per heavy atom. The number of fused-ring (bicyclic) bond motifs is 2. The molecular weight excluding hydrogens is 412 g/mol. The average Bonchev–Trinajstić information content (AvgIpc) is 2.87. The molecule has 0 radical (unpaired) electrons. The first-order chi connectivity index (χ1) is 16.2. The highest BCUT2D eigenvalue weighted by Crippen LogP contribution is 2.31. The molecule has 4 aromatic rings. The second-order valence-electron chi connectivity index (χ2n) is 8.12. The van der Waals surface area contributed by atoms with Crippen LogP contribution in [0.1, 0.15) is 22.3 Å². The lowest BCUT2D eigenvalue weighted by Crippen LogP contribution is -2.35. The van der Waals surface area contributed by atoms with E-state index >= 15 is 0 Å². The molecule has 0 aliphatic carbocycles. The Morgan fingerprint density at radius 2 is 1.64 bits per heavy atom. The van der Waals surface area contributed by atoms with Crippen molar-refractivity contribution in [1.82, 2.24) is 0 Å². The average molecular weight is 437 g/mol. The summed E-state index contributed by atoms with van der Waals surface area (Å²) < 4.78 is 5.70. The van der Waals surface area contributed by atoms with E-state index in [2.05, 4.69) is 5.32 Å². The number of carbonyl (C=O) groups is 2. The summed E-state index contributed by atoms with van der Waals surface area (Å²) in [6.07, 6.45) is 1.82. The Morgan fingerprint density at radius 3 is 2.48 bits per heavy atom. The maximum atomic E-state index is 13.1. The van der Waals surface area contributed by atoms with Gasteiger partial charge in [0.2, 0.25) is 0 Å². The number of hydrogen-bond acceptors (Lipinski definition) is 3. The molecule has 5 rings (SSSR count). The molecule has 2 amide bonds. The summed E-state index contributed by atoms with van der Waals surface area (Å²) in [6, 6.07) is 28.8. The monoisotopic (exact) mass is 436 g/mol. The molecule has 1 aliphatic rings. The van der Waals surface area contributed by atoms with Gasteiger partial charge in [0.05, 0.1) is 0 Å². The first-order valence-corrected chi connectivity index (χ1v) is 11.1. The van der Waals surface area contributed by atoms with Crippen molar-refractivity contribution >= 4 is 34.0 Å². The SMILES string of the molecule is O=C(COc1ccc2ccccc2c1)Nc1ccc2c(c1)N(C(=O)c1ccccc1)CCC2. The van der Waals surface area contributed by atoms with Crippen LogP contribution >= 0.6 is 0 Å². The lowest BCUT2D eigenvalue weighted by Gasteiger charge is -2.30. The second-order valence-corrected chi connectivity index (χ2v) is 8.12. The third-order valence-electron chi connectivity index (χ3n) is 5.84. The number of benzene rings is 4. The topological polar surface area (TPSA) is 58.6 Å². The van der Waals surface area contributed by atoms with Gasteiger partial charge in [0.25, 0.3) is 11.8 Å². The fraction of sp³-hybridized carbons (Fsp3) is 0.143. The first-order valence-electron chi connectivity index (χ1n) is 11.1. The van der Waals surface area contributed by atoms with Gasteiger partial charge < -0.3 is 15.0 Å². The third kappa shape index (κ3) is 4.58. The molecule has 0 bridgehead atoms. The number of anilines is 2. The van der Waals surface area contributed by atoms with Crippen LogP contribution in [0.2, 0.25) is 0 Å². The molecule has 0 saturated heterocycles. The highest BCUT2D eigenvalue weighted by atomic mass is 16.5. The number of amides is 2.